The Kier molecular flexibility index (Phi) is 5.01. The van der Waals surface area contributed by atoms with Crippen LogP contribution in [0.25, 0.3) is 22.6 Å². The van der Waals surface area contributed by atoms with Gasteiger partial charge in [-0.2, -0.15) is 4.31 Å². The molecule has 6 rings (SSSR count). The summed E-state index contributed by atoms with van der Waals surface area (Å²) in [6.45, 7) is 0.524. The molecule has 0 spiro atoms. The van der Waals surface area contributed by atoms with E-state index in [1.165, 1.54) is 16.4 Å². The minimum atomic E-state index is -3.91. The maximum atomic E-state index is 13.3. The topological polar surface area (TPSA) is 86.6 Å². The van der Waals surface area contributed by atoms with Crippen LogP contribution in [0.1, 0.15) is 18.9 Å². The molecule has 35 heavy (non-hydrogen) atoms. The van der Waals surface area contributed by atoms with Gasteiger partial charge in [-0.25, -0.2) is 18.4 Å². The van der Waals surface area contributed by atoms with Gasteiger partial charge in [0.25, 0.3) is 0 Å². The predicted molar refractivity (Wildman–Crippen MR) is 123 cm³/mol. The van der Waals surface area contributed by atoms with Crippen LogP contribution in [0.2, 0.25) is 0 Å². The van der Waals surface area contributed by atoms with E-state index in [0.29, 0.717) is 12.8 Å². The zero-order valence-electron chi connectivity index (χ0n) is 18.3. The average Bonchev–Trinajstić information content (AvgIpc) is 3.40. The van der Waals surface area contributed by atoms with Crippen molar-refractivity contribution in [3.8, 4) is 22.9 Å². The van der Waals surface area contributed by atoms with Gasteiger partial charge in [-0.15, -0.1) is 8.78 Å². The number of halogens is 2. The van der Waals surface area contributed by atoms with Crippen LogP contribution >= 0.6 is 0 Å². The number of nitrogens with zero attached hydrogens (tertiary/aromatic N) is 4. The van der Waals surface area contributed by atoms with E-state index in [9.17, 15) is 17.2 Å². The number of piperidine rings is 1. The van der Waals surface area contributed by atoms with Crippen molar-refractivity contribution in [2.45, 2.75) is 30.1 Å². The van der Waals surface area contributed by atoms with E-state index in [4.69, 9.17) is 4.98 Å². The zero-order valence-corrected chi connectivity index (χ0v) is 19.2. The minimum Gasteiger partial charge on any atom is -0.395 e. The van der Waals surface area contributed by atoms with Crippen LogP contribution in [0.5, 0.6) is 11.5 Å². The summed E-state index contributed by atoms with van der Waals surface area (Å²) in [5, 5.41) is 0. The fourth-order valence-corrected chi connectivity index (χ4v) is 6.13. The Morgan fingerprint density at radius 1 is 0.943 bits per heavy atom. The summed E-state index contributed by atoms with van der Waals surface area (Å²) >= 11 is 0. The zero-order chi connectivity index (χ0) is 24.2. The fourth-order valence-electron chi connectivity index (χ4n) is 4.65. The third kappa shape index (κ3) is 3.80. The first-order valence-corrected chi connectivity index (χ1v) is 12.5. The molecule has 0 aliphatic carbocycles. The molecule has 0 bridgehead atoms. The Bertz CT molecular complexity index is 1520. The van der Waals surface area contributed by atoms with Gasteiger partial charge in [0.15, 0.2) is 17.1 Å². The van der Waals surface area contributed by atoms with E-state index in [0.717, 1.165) is 28.6 Å². The van der Waals surface area contributed by atoms with Gasteiger partial charge < -0.3 is 14.0 Å². The second kappa shape index (κ2) is 7.99. The van der Waals surface area contributed by atoms with Crippen LogP contribution in [0, 0.1) is 0 Å². The number of ether oxygens (including phenoxy) is 2. The van der Waals surface area contributed by atoms with Gasteiger partial charge in [-0.1, -0.05) is 30.3 Å². The monoisotopic (exact) mass is 498 g/mol. The van der Waals surface area contributed by atoms with Crippen molar-refractivity contribution < 1.29 is 26.7 Å². The molecule has 2 aliphatic heterocycles. The van der Waals surface area contributed by atoms with Crippen molar-refractivity contribution in [3.63, 3.8) is 0 Å². The average molecular weight is 499 g/mol. The summed E-state index contributed by atoms with van der Waals surface area (Å²) in [4.78, 5) is 9.23. The highest BCUT2D eigenvalue weighted by molar-refractivity contribution is 7.89. The maximum absolute atomic E-state index is 13.3. The van der Waals surface area contributed by atoms with E-state index < -0.39 is 16.3 Å². The van der Waals surface area contributed by atoms with Crippen LogP contribution in [0.3, 0.4) is 0 Å². The number of hydrogen-bond acceptors (Lipinski definition) is 6. The number of benzene rings is 2. The lowest BCUT2D eigenvalue weighted by Gasteiger charge is -2.32. The molecule has 180 valence electrons. The number of alkyl halides is 2. The normalized spacial score (nSPS) is 18.2. The molecule has 4 aromatic rings. The highest BCUT2D eigenvalue weighted by atomic mass is 32.2. The Balaban J connectivity index is 1.27. The molecule has 0 atom stereocenters. The number of pyridine rings is 1. The van der Waals surface area contributed by atoms with Crippen molar-refractivity contribution in [1.82, 2.24) is 18.8 Å². The first-order valence-electron chi connectivity index (χ1n) is 11.1. The van der Waals surface area contributed by atoms with E-state index in [2.05, 4.69) is 19.0 Å². The van der Waals surface area contributed by atoms with Crippen LogP contribution < -0.4 is 9.47 Å². The van der Waals surface area contributed by atoms with Crippen LogP contribution in [0.4, 0.5) is 8.78 Å². The summed E-state index contributed by atoms with van der Waals surface area (Å²) in [6, 6.07) is 17.1. The Hall–Kier alpha value is -3.57. The predicted octanol–water partition coefficient (Wildman–Crippen LogP) is 4.45. The number of sulfonamides is 1. The third-order valence-corrected chi connectivity index (χ3v) is 8.17. The lowest BCUT2D eigenvalue weighted by atomic mass is 10.1. The summed E-state index contributed by atoms with van der Waals surface area (Å²) in [5.41, 5.74) is 2.49. The van der Waals surface area contributed by atoms with Crippen LogP contribution in [-0.4, -0.2) is 46.6 Å². The molecule has 2 aromatic heterocycles. The van der Waals surface area contributed by atoms with Gasteiger partial charge >= 0.3 is 6.29 Å². The van der Waals surface area contributed by atoms with Gasteiger partial charge in [0.2, 0.25) is 10.0 Å². The third-order valence-electron chi connectivity index (χ3n) is 6.28. The summed E-state index contributed by atoms with van der Waals surface area (Å²) < 4.78 is 65.5. The Morgan fingerprint density at radius 2 is 1.69 bits per heavy atom. The highest BCUT2D eigenvalue weighted by Gasteiger charge is 2.44. The quantitative estimate of drug-likeness (QED) is 0.413. The molecule has 11 heteroatoms. The van der Waals surface area contributed by atoms with Crippen molar-refractivity contribution >= 4 is 21.2 Å². The van der Waals surface area contributed by atoms with Gasteiger partial charge in [-0.05, 0) is 37.1 Å². The lowest BCUT2D eigenvalue weighted by molar-refractivity contribution is -0.286. The van der Waals surface area contributed by atoms with Gasteiger partial charge in [0, 0.05) is 37.0 Å². The van der Waals surface area contributed by atoms with Crippen LogP contribution in [-0.2, 0) is 10.0 Å². The highest BCUT2D eigenvalue weighted by Crippen LogP contribution is 2.42. The standard InChI is InChI=1S/C24H20F2N4O4S/c25-24(26)33-20-9-8-18(15-21(20)34-24)35(31,32)29-13-10-17(11-14-29)30-22(16-5-2-1-3-6-16)28-19-7-4-12-27-23(19)30/h1-9,12,15,17H,10-11,13-14H2. The molecule has 8 nitrogen and oxygen atoms in total. The molecule has 1 fully saturated rings. The SMILES string of the molecule is O=S(=O)(c1ccc2c(c1)OC(F)(F)O2)N1CCC(n2c(-c3ccccc3)nc3cccnc32)CC1. The first kappa shape index (κ1) is 21.9. The second-order valence-electron chi connectivity index (χ2n) is 8.43. The van der Waals surface area contributed by atoms with Crippen molar-refractivity contribution in [2.24, 2.45) is 0 Å². The summed E-state index contributed by atoms with van der Waals surface area (Å²) in [5.74, 6) is 0.298. The number of hydrogen-bond donors (Lipinski definition) is 0. The molecule has 0 unspecified atom stereocenters. The van der Waals surface area contributed by atoms with Gasteiger partial charge in [0.05, 0.1) is 4.90 Å². The molecule has 2 aromatic carbocycles. The first-order chi connectivity index (χ1) is 16.8. The molecule has 0 N–H and O–H groups in total. The molecule has 4 heterocycles. The molecular formula is C24H20F2N4O4S. The van der Waals surface area contributed by atoms with E-state index in [-0.39, 0.29) is 35.5 Å². The number of imidazole rings is 1. The molecule has 1 saturated heterocycles. The van der Waals surface area contributed by atoms with E-state index >= 15 is 0 Å². The largest absolute Gasteiger partial charge is 0.586 e. The van der Waals surface area contributed by atoms with Crippen LogP contribution in [0.15, 0.2) is 71.8 Å². The van der Waals surface area contributed by atoms with E-state index in [1.54, 1.807) is 6.20 Å². The molecule has 0 radical (unpaired) electrons. The minimum absolute atomic E-state index is 0.00741. The Morgan fingerprint density at radius 3 is 2.46 bits per heavy atom. The lowest BCUT2D eigenvalue weighted by Crippen LogP contribution is -2.39. The van der Waals surface area contributed by atoms with Crippen molar-refractivity contribution in [3.05, 3.63) is 66.9 Å². The number of aromatic nitrogens is 3. The summed E-state index contributed by atoms with van der Waals surface area (Å²) in [6.07, 6.45) is -0.993. The molecular weight excluding hydrogens is 478 g/mol. The summed E-state index contributed by atoms with van der Waals surface area (Å²) in [7, 11) is -3.91. The maximum Gasteiger partial charge on any atom is 0.586 e. The molecule has 0 amide bonds. The van der Waals surface area contributed by atoms with Crippen molar-refractivity contribution in [2.75, 3.05) is 13.1 Å². The Labute approximate surface area is 199 Å². The van der Waals surface area contributed by atoms with Crippen molar-refractivity contribution in [1.29, 1.82) is 0 Å². The van der Waals surface area contributed by atoms with Gasteiger partial charge in [0.1, 0.15) is 11.3 Å². The fraction of sp³-hybridized carbons (Fsp3) is 0.250. The van der Waals surface area contributed by atoms with E-state index in [1.807, 2.05) is 42.5 Å². The number of fused-ring (bicyclic) bond motifs is 2. The second-order valence-corrected chi connectivity index (χ2v) is 10.4. The molecule has 2 aliphatic rings. The number of rotatable bonds is 4. The smallest absolute Gasteiger partial charge is 0.395 e. The molecule has 0 saturated carbocycles. The van der Waals surface area contributed by atoms with Gasteiger partial charge in [-0.3, -0.25) is 0 Å².